The Morgan fingerprint density at radius 1 is 1.44 bits per heavy atom. The van der Waals surface area contributed by atoms with Crippen molar-refractivity contribution in [1.29, 1.82) is 0 Å². The summed E-state index contributed by atoms with van der Waals surface area (Å²) < 4.78 is 15.6. The van der Waals surface area contributed by atoms with E-state index in [0.717, 1.165) is 11.5 Å². The minimum Gasteiger partial charge on any atom is -0.462 e. The van der Waals surface area contributed by atoms with Crippen LogP contribution >= 0.6 is 0 Å². The second-order valence-electron chi connectivity index (χ2n) is 3.89. The van der Waals surface area contributed by atoms with Crippen LogP contribution in [-0.2, 0) is 22.6 Å². The predicted molar refractivity (Wildman–Crippen MR) is 56.9 cm³/mol. The fraction of sp³-hybridized carbons (Fsp3) is 0.636. The van der Waals surface area contributed by atoms with Gasteiger partial charge in [0, 0.05) is 7.11 Å². The van der Waals surface area contributed by atoms with E-state index in [1.165, 1.54) is 0 Å². The highest BCUT2D eigenvalue weighted by molar-refractivity contribution is 5.06. The maximum absolute atomic E-state index is 9.52. The van der Waals surface area contributed by atoms with Gasteiger partial charge in [0.2, 0.25) is 0 Å². The van der Waals surface area contributed by atoms with Crippen LogP contribution in [0.4, 0.5) is 0 Å². The minimum absolute atomic E-state index is 0.00373. The molecule has 5 nitrogen and oxygen atoms in total. The molecule has 0 saturated carbocycles. The molecule has 2 unspecified atom stereocenters. The third-order valence-corrected chi connectivity index (χ3v) is 2.59. The molecular formula is C11H17NO4. The van der Waals surface area contributed by atoms with E-state index in [-0.39, 0.29) is 6.04 Å². The van der Waals surface area contributed by atoms with Gasteiger partial charge in [-0.3, -0.25) is 0 Å². The van der Waals surface area contributed by atoms with Crippen LogP contribution in [0.2, 0.25) is 0 Å². The predicted octanol–water partition coefficient (Wildman–Crippen LogP) is 0.275. The normalized spacial score (nSPS) is 25.1. The van der Waals surface area contributed by atoms with E-state index in [1.54, 1.807) is 7.11 Å². The molecule has 0 amide bonds. The molecule has 5 heteroatoms. The Balaban J connectivity index is 1.80. The molecule has 2 atom stereocenters. The topological polar surface area (TPSA) is 63.9 Å². The van der Waals surface area contributed by atoms with Crippen molar-refractivity contribution in [2.75, 3.05) is 20.3 Å². The maximum atomic E-state index is 9.52. The Bertz CT molecular complexity index is 326. The lowest BCUT2D eigenvalue weighted by Gasteiger charge is -2.12. The molecule has 0 spiro atoms. The summed E-state index contributed by atoms with van der Waals surface area (Å²) in [6.07, 6.45) is -0.423. The molecule has 0 bridgehead atoms. The Morgan fingerprint density at radius 2 is 2.25 bits per heavy atom. The number of ether oxygens (including phenoxy) is 2. The van der Waals surface area contributed by atoms with Gasteiger partial charge in [0.1, 0.15) is 18.1 Å². The summed E-state index contributed by atoms with van der Waals surface area (Å²) in [6, 6.07) is 3.79. The number of furan rings is 1. The van der Waals surface area contributed by atoms with E-state index in [0.29, 0.717) is 26.4 Å². The van der Waals surface area contributed by atoms with Crippen LogP contribution in [0.1, 0.15) is 11.5 Å². The number of aliphatic hydroxyl groups is 1. The first-order valence-corrected chi connectivity index (χ1v) is 5.35. The molecule has 1 aromatic heterocycles. The molecule has 2 heterocycles. The lowest BCUT2D eigenvalue weighted by molar-refractivity contribution is 0.122. The van der Waals surface area contributed by atoms with Crippen LogP contribution in [0.5, 0.6) is 0 Å². The van der Waals surface area contributed by atoms with Crippen LogP contribution in [0, 0.1) is 0 Å². The van der Waals surface area contributed by atoms with Gasteiger partial charge in [0.05, 0.1) is 31.9 Å². The first-order chi connectivity index (χ1) is 7.79. The van der Waals surface area contributed by atoms with Crippen LogP contribution < -0.4 is 5.32 Å². The van der Waals surface area contributed by atoms with Crippen molar-refractivity contribution >= 4 is 0 Å². The van der Waals surface area contributed by atoms with Crippen LogP contribution in [-0.4, -0.2) is 37.6 Å². The lowest BCUT2D eigenvalue weighted by atomic mass is 10.2. The van der Waals surface area contributed by atoms with E-state index >= 15 is 0 Å². The molecule has 2 rings (SSSR count). The monoisotopic (exact) mass is 227 g/mol. The standard InChI is InChI=1S/C11H17NO4/c1-14-5-9-3-2-8(16-9)4-12-10-6-15-7-11(10)13/h2-3,10-13H,4-7H2,1H3. The van der Waals surface area contributed by atoms with Crippen LogP contribution in [0.15, 0.2) is 16.5 Å². The zero-order valence-corrected chi connectivity index (χ0v) is 9.31. The molecule has 0 radical (unpaired) electrons. The lowest BCUT2D eigenvalue weighted by Crippen LogP contribution is -2.38. The highest BCUT2D eigenvalue weighted by Crippen LogP contribution is 2.10. The average molecular weight is 227 g/mol. The first kappa shape index (κ1) is 11.6. The number of hydrogen-bond donors (Lipinski definition) is 2. The van der Waals surface area contributed by atoms with Crippen molar-refractivity contribution in [1.82, 2.24) is 5.32 Å². The number of nitrogens with one attached hydrogen (secondary N) is 1. The van der Waals surface area contributed by atoms with Crippen molar-refractivity contribution in [3.05, 3.63) is 23.7 Å². The van der Waals surface area contributed by atoms with E-state index in [4.69, 9.17) is 13.9 Å². The Labute approximate surface area is 94.3 Å². The third-order valence-electron chi connectivity index (χ3n) is 2.59. The van der Waals surface area contributed by atoms with E-state index in [2.05, 4.69) is 5.32 Å². The molecule has 1 aromatic rings. The molecule has 1 aliphatic rings. The van der Waals surface area contributed by atoms with Gasteiger partial charge in [-0.2, -0.15) is 0 Å². The largest absolute Gasteiger partial charge is 0.462 e. The number of aliphatic hydroxyl groups excluding tert-OH is 1. The van der Waals surface area contributed by atoms with Crippen molar-refractivity contribution < 1.29 is 19.0 Å². The van der Waals surface area contributed by atoms with Gasteiger partial charge >= 0.3 is 0 Å². The summed E-state index contributed by atoms with van der Waals surface area (Å²) in [6.45, 7) is 2.03. The van der Waals surface area contributed by atoms with Gasteiger partial charge in [-0.1, -0.05) is 0 Å². The highest BCUT2D eigenvalue weighted by Gasteiger charge is 2.25. The molecule has 2 N–H and O–H groups in total. The summed E-state index contributed by atoms with van der Waals surface area (Å²) in [7, 11) is 1.63. The summed E-state index contributed by atoms with van der Waals surface area (Å²) in [5.41, 5.74) is 0. The molecule has 90 valence electrons. The molecule has 0 aromatic carbocycles. The second-order valence-corrected chi connectivity index (χ2v) is 3.89. The molecule has 0 aliphatic carbocycles. The summed E-state index contributed by atoms with van der Waals surface area (Å²) in [5, 5.41) is 12.7. The second kappa shape index (κ2) is 5.45. The maximum Gasteiger partial charge on any atom is 0.129 e. The van der Waals surface area contributed by atoms with Gasteiger partial charge in [-0.25, -0.2) is 0 Å². The van der Waals surface area contributed by atoms with Gasteiger partial charge in [0.15, 0.2) is 0 Å². The average Bonchev–Trinajstić information content (AvgIpc) is 2.86. The molecule has 1 aliphatic heterocycles. The number of methoxy groups -OCH3 is 1. The Morgan fingerprint density at radius 3 is 2.94 bits per heavy atom. The molecule has 1 saturated heterocycles. The van der Waals surface area contributed by atoms with Crippen LogP contribution in [0.3, 0.4) is 0 Å². The van der Waals surface area contributed by atoms with Crippen molar-refractivity contribution in [2.45, 2.75) is 25.3 Å². The first-order valence-electron chi connectivity index (χ1n) is 5.35. The fourth-order valence-corrected chi connectivity index (χ4v) is 1.71. The zero-order chi connectivity index (χ0) is 11.4. The van der Waals surface area contributed by atoms with Crippen molar-refractivity contribution in [3.8, 4) is 0 Å². The molecular weight excluding hydrogens is 210 g/mol. The van der Waals surface area contributed by atoms with Gasteiger partial charge in [-0.05, 0) is 12.1 Å². The number of rotatable bonds is 5. The minimum atomic E-state index is -0.423. The summed E-state index contributed by atoms with van der Waals surface area (Å²) >= 11 is 0. The Kier molecular flexibility index (Phi) is 3.95. The third kappa shape index (κ3) is 2.82. The zero-order valence-electron chi connectivity index (χ0n) is 9.31. The van der Waals surface area contributed by atoms with Crippen molar-refractivity contribution in [3.63, 3.8) is 0 Å². The van der Waals surface area contributed by atoms with E-state index < -0.39 is 6.10 Å². The highest BCUT2D eigenvalue weighted by atomic mass is 16.5. The molecule has 1 fully saturated rings. The van der Waals surface area contributed by atoms with Gasteiger partial charge in [-0.15, -0.1) is 0 Å². The molecule has 16 heavy (non-hydrogen) atoms. The smallest absolute Gasteiger partial charge is 0.129 e. The van der Waals surface area contributed by atoms with Gasteiger partial charge in [0.25, 0.3) is 0 Å². The fourth-order valence-electron chi connectivity index (χ4n) is 1.71. The number of hydrogen-bond acceptors (Lipinski definition) is 5. The van der Waals surface area contributed by atoms with Gasteiger partial charge < -0.3 is 24.3 Å². The Hall–Kier alpha value is -0.880. The van der Waals surface area contributed by atoms with Crippen molar-refractivity contribution in [2.24, 2.45) is 0 Å². The quantitative estimate of drug-likeness (QED) is 0.756. The summed E-state index contributed by atoms with van der Waals surface area (Å²) in [5.74, 6) is 1.65. The summed E-state index contributed by atoms with van der Waals surface area (Å²) in [4.78, 5) is 0. The SMILES string of the molecule is COCc1ccc(CNC2COCC2O)o1. The van der Waals surface area contributed by atoms with Crippen LogP contribution in [0.25, 0.3) is 0 Å². The van der Waals surface area contributed by atoms with E-state index in [9.17, 15) is 5.11 Å². The van der Waals surface area contributed by atoms with E-state index in [1.807, 2.05) is 12.1 Å².